The lowest BCUT2D eigenvalue weighted by Crippen LogP contribution is -2.17. The molecule has 0 fully saturated rings. The van der Waals surface area contributed by atoms with Gasteiger partial charge < -0.3 is 5.32 Å². The molecule has 0 aliphatic carbocycles. The number of amides is 1. The molecular formula is C21H16F4N2O3S. The molecule has 0 atom stereocenters. The highest BCUT2D eigenvalue weighted by atomic mass is 32.2. The second kappa shape index (κ2) is 8.38. The lowest BCUT2D eigenvalue weighted by Gasteiger charge is -2.13. The van der Waals surface area contributed by atoms with Crippen molar-refractivity contribution in [3.8, 4) is 0 Å². The predicted molar refractivity (Wildman–Crippen MR) is 108 cm³/mol. The molecule has 0 saturated carbocycles. The number of alkyl halides is 3. The third-order valence-corrected chi connectivity index (χ3v) is 5.67. The molecule has 0 heterocycles. The Morgan fingerprint density at radius 2 is 1.58 bits per heavy atom. The lowest BCUT2D eigenvalue weighted by molar-refractivity contribution is -0.137. The van der Waals surface area contributed by atoms with Gasteiger partial charge in [0.1, 0.15) is 5.82 Å². The van der Waals surface area contributed by atoms with E-state index in [1.165, 1.54) is 30.3 Å². The van der Waals surface area contributed by atoms with E-state index < -0.39 is 33.5 Å². The van der Waals surface area contributed by atoms with Gasteiger partial charge >= 0.3 is 6.18 Å². The Kier molecular flexibility index (Phi) is 6.03. The molecule has 3 aromatic carbocycles. The van der Waals surface area contributed by atoms with Crippen LogP contribution in [0.3, 0.4) is 0 Å². The summed E-state index contributed by atoms with van der Waals surface area (Å²) in [6.07, 6.45) is -4.58. The number of carbonyl (C=O) groups excluding carboxylic acids is 1. The summed E-state index contributed by atoms with van der Waals surface area (Å²) in [5.41, 5.74) is -0.660. The van der Waals surface area contributed by atoms with Crippen LogP contribution in [0, 0.1) is 12.7 Å². The van der Waals surface area contributed by atoms with E-state index in [4.69, 9.17) is 0 Å². The van der Waals surface area contributed by atoms with E-state index in [-0.39, 0.29) is 21.8 Å². The molecule has 3 rings (SSSR count). The molecule has 5 nitrogen and oxygen atoms in total. The zero-order chi connectivity index (χ0) is 22.8. The zero-order valence-electron chi connectivity index (χ0n) is 16.0. The van der Waals surface area contributed by atoms with Gasteiger partial charge in [0.15, 0.2) is 0 Å². The number of rotatable bonds is 5. The molecule has 0 aliphatic heterocycles. The minimum absolute atomic E-state index is 0.00413. The van der Waals surface area contributed by atoms with E-state index in [1.807, 2.05) is 0 Å². The fourth-order valence-corrected chi connectivity index (χ4v) is 3.83. The van der Waals surface area contributed by atoms with E-state index in [9.17, 15) is 30.8 Å². The molecule has 0 saturated heterocycles. The second-order valence-corrected chi connectivity index (χ2v) is 8.31. The number of sulfonamides is 1. The fourth-order valence-electron chi connectivity index (χ4n) is 2.75. The van der Waals surface area contributed by atoms with Gasteiger partial charge in [0.2, 0.25) is 0 Å². The van der Waals surface area contributed by atoms with Crippen molar-refractivity contribution in [1.82, 2.24) is 0 Å². The number of hydrogen-bond donors (Lipinski definition) is 2. The summed E-state index contributed by atoms with van der Waals surface area (Å²) in [6.45, 7) is 1.55. The molecule has 1 amide bonds. The number of anilines is 2. The molecule has 162 valence electrons. The largest absolute Gasteiger partial charge is 0.416 e. The first-order valence-electron chi connectivity index (χ1n) is 8.83. The Bertz CT molecular complexity index is 1240. The molecule has 10 heteroatoms. The minimum Gasteiger partial charge on any atom is -0.322 e. The molecule has 0 aliphatic rings. The molecular weight excluding hydrogens is 436 g/mol. The number of carbonyl (C=O) groups is 1. The van der Waals surface area contributed by atoms with Crippen LogP contribution in [0.4, 0.5) is 28.9 Å². The van der Waals surface area contributed by atoms with E-state index in [2.05, 4.69) is 10.0 Å². The van der Waals surface area contributed by atoms with Gasteiger partial charge in [-0.3, -0.25) is 9.52 Å². The standard InChI is InChI=1S/C21H16F4N2O3S/c1-13-8-9-18(31(29,30)27-17-7-3-5-15(22)11-17)12-19(13)20(28)26-16-6-2-4-14(10-16)21(23,24)25/h2-12,27H,1H3,(H,26,28). The maximum atomic E-state index is 13.3. The van der Waals surface area contributed by atoms with Crippen LogP contribution in [0.5, 0.6) is 0 Å². The lowest BCUT2D eigenvalue weighted by atomic mass is 10.1. The average Bonchev–Trinajstić information content (AvgIpc) is 2.67. The van der Waals surface area contributed by atoms with Gasteiger partial charge in [-0.25, -0.2) is 12.8 Å². The van der Waals surface area contributed by atoms with Crippen molar-refractivity contribution in [2.24, 2.45) is 0 Å². The number of aryl methyl sites for hydroxylation is 1. The van der Waals surface area contributed by atoms with Gasteiger partial charge in [0, 0.05) is 11.3 Å². The summed E-state index contributed by atoms with van der Waals surface area (Å²) >= 11 is 0. The predicted octanol–water partition coefficient (Wildman–Crippen LogP) is 5.21. The number of nitrogens with one attached hydrogen (secondary N) is 2. The topological polar surface area (TPSA) is 75.3 Å². The van der Waals surface area contributed by atoms with E-state index >= 15 is 0 Å². The highest BCUT2D eigenvalue weighted by Gasteiger charge is 2.30. The van der Waals surface area contributed by atoms with Gasteiger partial charge in [0.05, 0.1) is 16.1 Å². The van der Waals surface area contributed by atoms with Crippen molar-refractivity contribution in [3.05, 3.63) is 89.2 Å². The molecule has 0 aromatic heterocycles. The van der Waals surface area contributed by atoms with Crippen LogP contribution >= 0.6 is 0 Å². The second-order valence-electron chi connectivity index (χ2n) is 6.63. The van der Waals surface area contributed by atoms with Crippen molar-refractivity contribution in [2.45, 2.75) is 18.0 Å². The van der Waals surface area contributed by atoms with Crippen LogP contribution in [-0.4, -0.2) is 14.3 Å². The van der Waals surface area contributed by atoms with Crippen molar-refractivity contribution < 1.29 is 30.8 Å². The van der Waals surface area contributed by atoms with Crippen molar-refractivity contribution in [3.63, 3.8) is 0 Å². The third kappa shape index (κ3) is 5.40. The summed E-state index contributed by atoms with van der Waals surface area (Å²) in [4.78, 5) is 12.4. The Labute approximate surface area is 175 Å². The minimum atomic E-state index is -4.58. The van der Waals surface area contributed by atoms with E-state index in [0.717, 1.165) is 36.4 Å². The SMILES string of the molecule is Cc1ccc(S(=O)(=O)Nc2cccc(F)c2)cc1C(=O)Nc1cccc(C(F)(F)F)c1. The summed E-state index contributed by atoms with van der Waals surface area (Å²) in [7, 11) is -4.15. The first kappa shape index (κ1) is 22.3. The maximum absolute atomic E-state index is 13.3. The van der Waals surface area contributed by atoms with Gasteiger partial charge in [-0.2, -0.15) is 13.2 Å². The van der Waals surface area contributed by atoms with Gasteiger partial charge in [-0.05, 0) is 61.0 Å². The Hall–Kier alpha value is -3.40. The summed E-state index contributed by atoms with van der Waals surface area (Å²) < 4.78 is 79.4. The third-order valence-electron chi connectivity index (χ3n) is 4.29. The fraction of sp³-hybridized carbons (Fsp3) is 0.0952. The van der Waals surface area contributed by atoms with Gasteiger partial charge in [0.25, 0.3) is 15.9 Å². The number of benzene rings is 3. The van der Waals surface area contributed by atoms with E-state index in [0.29, 0.717) is 5.56 Å². The number of hydrogen-bond acceptors (Lipinski definition) is 3. The summed E-state index contributed by atoms with van der Waals surface area (Å²) in [5.74, 6) is -1.41. The number of halogens is 4. The van der Waals surface area contributed by atoms with Crippen LogP contribution < -0.4 is 10.0 Å². The Balaban J connectivity index is 1.88. The van der Waals surface area contributed by atoms with Crippen LogP contribution in [-0.2, 0) is 16.2 Å². The highest BCUT2D eigenvalue weighted by molar-refractivity contribution is 7.92. The monoisotopic (exact) mass is 452 g/mol. The first-order chi connectivity index (χ1) is 14.5. The molecule has 0 bridgehead atoms. The maximum Gasteiger partial charge on any atom is 0.416 e. The summed E-state index contributed by atoms with van der Waals surface area (Å²) in [5, 5.41) is 2.34. The van der Waals surface area contributed by atoms with Crippen molar-refractivity contribution in [1.29, 1.82) is 0 Å². The quantitative estimate of drug-likeness (QED) is 0.522. The van der Waals surface area contributed by atoms with Crippen molar-refractivity contribution >= 4 is 27.3 Å². The van der Waals surface area contributed by atoms with Crippen LogP contribution in [0.15, 0.2) is 71.6 Å². The van der Waals surface area contributed by atoms with Crippen LogP contribution in [0.2, 0.25) is 0 Å². The Morgan fingerprint density at radius 1 is 0.903 bits per heavy atom. The molecule has 2 N–H and O–H groups in total. The molecule has 0 spiro atoms. The van der Waals surface area contributed by atoms with Gasteiger partial charge in [-0.1, -0.05) is 18.2 Å². The summed E-state index contributed by atoms with van der Waals surface area (Å²) in [6, 6.07) is 12.7. The molecule has 0 radical (unpaired) electrons. The highest BCUT2D eigenvalue weighted by Crippen LogP contribution is 2.31. The molecule has 3 aromatic rings. The zero-order valence-corrected chi connectivity index (χ0v) is 16.8. The molecule has 31 heavy (non-hydrogen) atoms. The molecule has 0 unspecified atom stereocenters. The first-order valence-corrected chi connectivity index (χ1v) is 10.3. The Morgan fingerprint density at radius 3 is 2.26 bits per heavy atom. The normalized spacial score (nSPS) is 11.8. The smallest absolute Gasteiger partial charge is 0.322 e. The van der Waals surface area contributed by atoms with Crippen molar-refractivity contribution in [2.75, 3.05) is 10.0 Å². The van der Waals surface area contributed by atoms with Crippen LogP contribution in [0.1, 0.15) is 21.5 Å². The van der Waals surface area contributed by atoms with E-state index in [1.54, 1.807) is 6.92 Å². The van der Waals surface area contributed by atoms with Gasteiger partial charge in [-0.15, -0.1) is 0 Å². The van der Waals surface area contributed by atoms with Crippen LogP contribution in [0.25, 0.3) is 0 Å². The average molecular weight is 452 g/mol.